The van der Waals surface area contributed by atoms with E-state index in [0.29, 0.717) is 19.3 Å². The molecule has 0 amide bonds. The van der Waals surface area contributed by atoms with Crippen molar-refractivity contribution in [3.8, 4) is 0 Å². The van der Waals surface area contributed by atoms with Crippen molar-refractivity contribution in [2.45, 2.75) is 167 Å². The monoisotopic (exact) mass is 610 g/mol. The first kappa shape index (κ1) is 39.3. The molecule has 8 heteroatoms. The highest BCUT2D eigenvalue weighted by Gasteiger charge is 2.39. The van der Waals surface area contributed by atoms with Gasteiger partial charge in [0, 0.05) is 25.2 Å². The highest BCUT2D eigenvalue weighted by atomic mass is 16.6. The summed E-state index contributed by atoms with van der Waals surface area (Å²) in [6.07, 6.45) is 20.3. The SMILES string of the molecule is CCCCCCCCCCCC(=O)OC[C@H](O)COC(=O)CCCCCC[C@H]1[C@@H](O)CC(=O)[C@@H]1/C=C/[C@@H](O)CCCCC. The molecule has 1 fully saturated rings. The minimum atomic E-state index is -1.03. The zero-order chi connectivity index (χ0) is 31.7. The Balaban J connectivity index is 2.09. The van der Waals surface area contributed by atoms with Crippen molar-refractivity contribution >= 4 is 17.7 Å². The van der Waals surface area contributed by atoms with Gasteiger partial charge in [-0.15, -0.1) is 0 Å². The number of aliphatic hydroxyl groups excluding tert-OH is 3. The summed E-state index contributed by atoms with van der Waals surface area (Å²) in [5.74, 6) is -1.15. The molecule has 0 aromatic carbocycles. The molecule has 0 aliphatic heterocycles. The Labute approximate surface area is 261 Å². The minimum absolute atomic E-state index is 0.0352. The normalized spacial score (nSPS) is 20.0. The van der Waals surface area contributed by atoms with E-state index in [2.05, 4.69) is 13.8 Å². The maximum Gasteiger partial charge on any atom is 0.305 e. The molecule has 0 aromatic heterocycles. The Bertz CT molecular complexity index is 767. The smallest absolute Gasteiger partial charge is 0.305 e. The number of hydrogen-bond acceptors (Lipinski definition) is 8. The second-order valence-electron chi connectivity index (χ2n) is 12.4. The second kappa shape index (κ2) is 25.5. The summed E-state index contributed by atoms with van der Waals surface area (Å²) in [7, 11) is 0. The standard InChI is InChI=1S/C35H62O8/c1-3-5-7-8-9-10-11-12-17-21-34(40)42-26-29(37)27-43-35(41)22-18-14-13-16-20-30-31(33(39)25-32(30)38)24-23-28(36)19-15-6-4-2/h23-24,28-32,36-38H,3-22,25-27H2,1-2H3/b24-23+/t28-,29-,30+,31+,32-/m0/s1. The van der Waals surface area contributed by atoms with Crippen molar-refractivity contribution in [1.82, 2.24) is 0 Å². The lowest BCUT2D eigenvalue weighted by Crippen LogP contribution is -2.25. The van der Waals surface area contributed by atoms with Gasteiger partial charge >= 0.3 is 11.9 Å². The first-order valence-electron chi connectivity index (χ1n) is 17.3. The van der Waals surface area contributed by atoms with Gasteiger partial charge in [0.2, 0.25) is 0 Å². The summed E-state index contributed by atoms with van der Waals surface area (Å²) in [4.78, 5) is 36.3. The van der Waals surface area contributed by atoms with Gasteiger partial charge in [0.05, 0.1) is 12.2 Å². The van der Waals surface area contributed by atoms with E-state index in [1.807, 2.05) is 0 Å². The minimum Gasteiger partial charge on any atom is -0.463 e. The summed E-state index contributed by atoms with van der Waals surface area (Å²) in [6.45, 7) is 3.96. The van der Waals surface area contributed by atoms with Crippen LogP contribution < -0.4 is 0 Å². The van der Waals surface area contributed by atoms with Gasteiger partial charge in [0.15, 0.2) is 0 Å². The molecule has 0 saturated heterocycles. The van der Waals surface area contributed by atoms with E-state index in [1.54, 1.807) is 12.2 Å². The first-order valence-corrected chi connectivity index (χ1v) is 17.3. The number of aliphatic hydroxyl groups is 3. The lowest BCUT2D eigenvalue weighted by Gasteiger charge is -2.19. The van der Waals surface area contributed by atoms with E-state index in [9.17, 15) is 29.7 Å². The summed E-state index contributed by atoms with van der Waals surface area (Å²) in [5.41, 5.74) is 0. The lowest BCUT2D eigenvalue weighted by atomic mass is 9.88. The summed E-state index contributed by atoms with van der Waals surface area (Å²) >= 11 is 0. The van der Waals surface area contributed by atoms with Gasteiger partial charge in [0.25, 0.3) is 0 Å². The number of carbonyl (C=O) groups excluding carboxylic acids is 3. The molecule has 0 aromatic rings. The molecule has 8 nitrogen and oxygen atoms in total. The molecule has 0 heterocycles. The van der Waals surface area contributed by atoms with Crippen LogP contribution in [-0.4, -0.2) is 64.6 Å². The molecule has 1 aliphatic carbocycles. The van der Waals surface area contributed by atoms with Crippen LogP contribution in [0.25, 0.3) is 0 Å². The molecule has 0 radical (unpaired) electrons. The van der Waals surface area contributed by atoms with Crippen LogP contribution in [-0.2, 0) is 23.9 Å². The Morgan fingerprint density at radius 3 is 1.81 bits per heavy atom. The van der Waals surface area contributed by atoms with E-state index < -0.39 is 18.3 Å². The summed E-state index contributed by atoms with van der Waals surface area (Å²) < 4.78 is 10.2. The van der Waals surface area contributed by atoms with Gasteiger partial charge in [-0.25, -0.2) is 0 Å². The van der Waals surface area contributed by atoms with E-state index in [0.717, 1.165) is 64.2 Å². The van der Waals surface area contributed by atoms with Gasteiger partial charge < -0.3 is 24.8 Å². The average molecular weight is 611 g/mol. The van der Waals surface area contributed by atoms with Crippen molar-refractivity contribution < 1.29 is 39.2 Å². The third kappa shape index (κ3) is 20.0. The summed E-state index contributed by atoms with van der Waals surface area (Å²) in [6, 6.07) is 0. The van der Waals surface area contributed by atoms with Crippen LogP contribution in [0.4, 0.5) is 0 Å². The van der Waals surface area contributed by atoms with Crippen LogP contribution in [0.15, 0.2) is 12.2 Å². The van der Waals surface area contributed by atoms with Gasteiger partial charge in [-0.05, 0) is 31.6 Å². The maximum atomic E-state index is 12.4. The third-order valence-electron chi connectivity index (χ3n) is 8.41. The second-order valence-corrected chi connectivity index (χ2v) is 12.4. The van der Waals surface area contributed by atoms with Crippen LogP contribution in [0.5, 0.6) is 0 Å². The number of unbranched alkanes of at least 4 members (excludes halogenated alkanes) is 13. The summed E-state index contributed by atoms with van der Waals surface area (Å²) in [5, 5.41) is 30.5. The molecule has 0 bridgehead atoms. The predicted octanol–water partition coefficient (Wildman–Crippen LogP) is 6.76. The Morgan fingerprint density at radius 1 is 0.767 bits per heavy atom. The van der Waals surface area contributed by atoms with Crippen LogP contribution in [0.2, 0.25) is 0 Å². The quantitative estimate of drug-likeness (QED) is 0.0528. The Kier molecular flexibility index (Phi) is 23.3. The van der Waals surface area contributed by atoms with Crippen LogP contribution in [0.3, 0.4) is 0 Å². The van der Waals surface area contributed by atoms with Gasteiger partial charge in [-0.2, -0.15) is 0 Å². The number of ether oxygens (including phenoxy) is 2. The number of ketones is 1. The molecule has 1 rings (SSSR count). The fraction of sp³-hybridized carbons (Fsp3) is 0.857. The fourth-order valence-electron chi connectivity index (χ4n) is 5.69. The van der Waals surface area contributed by atoms with Crippen molar-refractivity contribution in [1.29, 1.82) is 0 Å². The number of esters is 2. The molecular weight excluding hydrogens is 548 g/mol. The highest BCUT2D eigenvalue weighted by molar-refractivity contribution is 5.86. The molecule has 0 unspecified atom stereocenters. The molecule has 43 heavy (non-hydrogen) atoms. The largest absolute Gasteiger partial charge is 0.463 e. The molecule has 0 spiro atoms. The molecule has 3 N–H and O–H groups in total. The predicted molar refractivity (Wildman–Crippen MR) is 169 cm³/mol. The maximum absolute atomic E-state index is 12.4. The van der Waals surface area contributed by atoms with Crippen molar-refractivity contribution in [3.63, 3.8) is 0 Å². The molecule has 1 aliphatic rings. The van der Waals surface area contributed by atoms with E-state index in [4.69, 9.17) is 9.47 Å². The Morgan fingerprint density at radius 2 is 1.26 bits per heavy atom. The number of Topliss-reactive ketones (excluding diaryl/α,β-unsaturated/α-hetero) is 1. The molecular formula is C35H62O8. The van der Waals surface area contributed by atoms with E-state index in [1.165, 1.54) is 38.5 Å². The van der Waals surface area contributed by atoms with E-state index in [-0.39, 0.29) is 55.6 Å². The zero-order valence-corrected chi connectivity index (χ0v) is 27.2. The third-order valence-corrected chi connectivity index (χ3v) is 8.41. The van der Waals surface area contributed by atoms with Gasteiger partial charge in [-0.3, -0.25) is 14.4 Å². The molecule has 1 saturated carbocycles. The average Bonchev–Trinajstić information content (AvgIpc) is 3.25. The van der Waals surface area contributed by atoms with Crippen LogP contribution >= 0.6 is 0 Å². The van der Waals surface area contributed by atoms with Crippen molar-refractivity contribution in [3.05, 3.63) is 12.2 Å². The number of allylic oxidation sites excluding steroid dienone is 1. The number of carbonyl (C=O) groups is 3. The van der Waals surface area contributed by atoms with Gasteiger partial charge in [0.1, 0.15) is 25.1 Å². The van der Waals surface area contributed by atoms with Crippen molar-refractivity contribution in [2.75, 3.05) is 13.2 Å². The molecule has 250 valence electrons. The highest BCUT2D eigenvalue weighted by Crippen LogP contribution is 2.34. The van der Waals surface area contributed by atoms with Crippen LogP contribution in [0.1, 0.15) is 149 Å². The molecule has 5 atom stereocenters. The number of rotatable bonds is 27. The van der Waals surface area contributed by atoms with Crippen LogP contribution in [0, 0.1) is 11.8 Å². The topological polar surface area (TPSA) is 130 Å². The van der Waals surface area contributed by atoms with E-state index >= 15 is 0 Å². The van der Waals surface area contributed by atoms with Gasteiger partial charge in [-0.1, -0.05) is 116 Å². The zero-order valence-electron chi connectivity index (χ0n) is 27.2. The number of hydrogen-bond donors (Lipinski definition) is 3. The lowest BCUT2D eigenvalue weighted by molar-refractivity contribution is -0.152. The Hall–Kier alpha value is -1.77. The van der Waals surface area contributed by atoms with Crippen molar-refractivity contribution in [2.24, 2.45) is 11.8 Å². The first-order chi connectivity index (χ1) is 20.8. The fourth-order valence-corrected chi connectivity index (χ4v) is 5.69.